The van der Waals surface area contributed by atoms with E-state index in [0.717, 1.165) is 44.7 Å². The van der Waals surface area contributed by atoms with Gasteiger partial charge in [-0.25, -0.2) is 13.8 Å². The molecule has 2 heterocycles. The zero-order chi connectivity index (χ0) is 28.2. The highest BCUT2D eigenvalue weighted by Crippen LogP contribution is 2.35. The number of carbonyl (C=O) groups is 1. The molecular formula is C32H24N4O3S2. The van der Waals surface area contributed by atoms with Crippen LogP contribution < -0.4 is 10.1 Å². The van der Waals surface area contributed by atoms with E-state index in [0.29, 0.717) is 0 Å². The molecule has 6 rings (SSSR count). The van der Waals surface area contributed by atoms with E-state index in [2.05, 4.69) is 38.0 Å². The van der Waals surface area contributed by atoms with Crippen LogP contribution in [0.2, 0.25) is 0 Å². The van der Waals surface area contributed by atoms with Crippen LogP contribution in [-0.4, -0.2) is 25.1 Å². The molecular weight excluding hydrogens is 553 g/mol. The summed E-state index contributed by atoms with van der Waals surface area (Å²) in [4.78, 5) is 13.2. The van der Waals surface area contributed by atoms with Gasteiger partial charge in [0.25, 0.3) is 15.9 Å². The van der Waals surface area contributed by atoms with Crippen molar-refractivity contribution in [1.29, 1.82) is 0 Å². The van der Waals surface area contributed by atoms with Crippen molar-refractivity contribution in [2.45, 2.75) is 4.21 Å². The first kappa shape index (κ1) is 26.2. The van der Waals surface area contributed by atoms with E-state index < -0.39 is 15.9 Å². The lowest BCUT2D eigenvalue weighted by atomic mass is 10.1. The average Bonchev–Trinajstić information content (AvgIpc) is 3.66. The quantitative estimate of drug-likeness (QED) is 0.152. The Balaban J connectivity index is 1.37. The number of fused-ring (bicyclic) bond motifs is 1. The average molecular weight is 577 g/mol. The number of thiophene rings is 1. The van der Waals surface area contributed by atoms with Crippen LogP contribution in [0.4, 0.5) is 5.69 Å². The summed E-state index contributed by atoms with van der Waals surface area (Å²) in [6.07, 6.45) is 1.64. The van der Waals surface area contributed by atoms with Gasteiger partial charge in [0.05, 0.1) is 28.7 Å². The summed E-state index contributed by atoms with van der Waals surface area (Å²) < 4.78 is 30.4. The summed E-state index contributed by atoms with van der Waals surface area (Å²) in [5, 5.41) is 6.99. The van der Waals surface area contributed by atoms with Gasteiger partial charge in [-0.2, -0.15) is 5.10 Å². The van der Waals surface area contributed by atoms with Crippen LogP contribution in [0.25, 0.3) is 27.8 Å². The number of amides is 1. The van der Waals surface area contributed by atoms with Crippen molar-refractivity contribution >= 4 is 50.1 Å². The van der Waals surface area contributed by atoms with Crippen molar-refractivity contribution in [3.05, 3.63) is 138 Å². The van der Waals surface area contributed by atoms with Gasteiger partial charge in [0.1, 0.15) is 4.21 Å². The minimum atomic E-state index is -3.83. The van der Waals surface area contributed by atoms with E-state index in [1.54, 1.807) is 41.9 Å². The van der Waals surface area contributed by atoms with Crippen LogP contribution >= 0.6 is 11.3 Å². The summed E-state index contributed by atoms with van der Waals surface area (Å²) in [5.41, 5.74) is 7.67. The lowest BCUT2D eigenvalue weighted by molar-refractivity contribution is 0.0956. The Labute approximate surface area is 241 Å². The number of aromatic nitrogens is 1. The second kappa shape index (κ2) is 11.2. The third kappa shape index (κ3) is 5.28. The van der Waals surface area contributed by atoms with Crippen LogP contribution in [0.3, 0.4) is 0 Å². The number of carbonyl (C=O) groups excluding carboxylic acids is 1. The third-order valence-corrected chi connectivity index (χ3v) is 9.27. The van der Waals surface area contributed by atoms with Gasteiger partial charge in [-0.3, -0.25) is 9.52 Å². The molecule has 7 nitrogen and oxygen atoms in total. The second-order valence-corrected chi connectivity index (χ2v) is 12.0. The number of benzene rings is 4. The van der Waals surface area contributed by atoms with E-state index in [9.17, 15) is 13.2 Å². The van der Waals surface area contributed by atoms with E-state index in [1.807, 2.05) is 66.7 Å². The van der Waals surface area contributed by atoms with Crippen LogP contribution in [0.1, 0.15) is 15.9 Å². The molecule has 0 bridgehead atoms. The number of hydrogen-bond donors (Lipinski definition) is 2. The van der Waals surface area contributed by atoms with Crippen LogP contribution in [-0.2, 0) is 10.0 Å². The van der Waals surface area contributed by atoms with Crippen molar-refractivity contribution in [2.75, 3.05) is 4.72 Å². The van der Waals surface area contributed by atoms with Gasteiger partial charge in [-0.15, -0.1) is 11.3 Å². The number of hydrazone groups is 1. The first-order valence-electron chi connectivity index (χ1n) is 12.8. The molecule has 2 aromatic heterocycles. The van der Waals surface area contributed by atoms with Gasteiger partial charge in [0.2, 0.25) is 0 Å². The predicted molar refractivity (Wildman–Crippen MR) is 165 cm³/mol. The highest BCUT2D eigenvalue weighted by atomic mass is 32.2. The van der Waals surface area contributed by atoms with Gasteiger partial charge in [-0.1, -0.05) is 84.9 Å². The van der Waals surface area contributed by atoms with Gasteiger partial charge >= 0.3 is 0 Å². The minimum absolute atomic E-state index is 0.153. The number of rotatable bonds is 8. The molecule has 0 spiro atoms. The number of sulfonamides is 1. The van der Waals surface area contributed by atoms with Crippen molar-refractivity contribution in [1.82, 2.24) is 9.99 Å². The Bertz CT molecular complexity index is 1970. The predicted octanol–water partition coefficient (Wildman–Crippen LogP) is 6.92. The molecule has 0 atom stereocenters. The standard InChI is InChI=1S/C32H24N4O3S2/c37-32(26-17-7-9-18-28(26)35-41(38,39)30-20-11-21-40-30)34-33-22-27-25-16-8-10-19-29(25)36(24-14-5-2-6-15-24)31(27)23-12-3-1-4-13-23/h1-22,35H,(H,34,37). The lowest BCUT2D eigenvalue weighted by Gasteiger charge is -2.12. The Morgan fingerprint density at radius 3 is 2.22 bits per heavy atom. The maximum atomic E-state index is 13.2. The van der Waals surface area contributed by atoms with E-state index >= 15 is 0 Å². The molecule has 0 fully saturated rings. The Hall–Kier alpha value is -4.99. The summed E-state index contributed by atoms with van der Waals surface area (Å²) >= 11 is 1.10. The maximum Gasteiger partial charge on any atom is 0.273 e. The van der Waals surface area contributed by atoms with Crippen molar-refractivity contribution in [3.8, 4) is 16.9 Å². The molecule has 0 unspecified atom stereocenters. The van der Waals surface area contributed by atoms with Gasteiger partial charge in [0.15, 0.2) is 0 Å². The Kier molecular flexibility index (Phi) is 7.20. The van der Waals surface area contributed by atoms with Crippen molar-refractivity contribution in [3.63, 3.8) is 0 Å². The fourth-order valence-electron chi connectivity index (χ4n) is 4.72. The molecule has 202 valence electrons. The number of nitrogens with zero attached hydrogens (tertiary/aromatic N) is 2. The van der Waals surface area contributed by atoms with Crippen LogP contribution in [0, 0.1) is 0 Å². The molecule has 9 heteroatoms. The van der Waals surface area contributed by atoms with Crippen LogP contribution in [0.15, 0.2) is 136 Å². The van der Waals surface area contributed by atoms with E-state index in [1.165, 1.54) is 6.07 Å². The molecule has 4 aromatic carbocycles. The van der Waals surface area contributed by atoms with E-state index in [-0.39, 0.29) is 15.5 Å². The summed E-state index contributed by atoms with van der Waals surface area (Å²) in [6.45, 7) is 0. The smallest absolute Gasteiger partial charge is 0.273 e. The number of para-hydroxylation sites is 3. The fraction of sp³-hybridized carbons (Fsp3) is 0. The lowest BCUT2D eigenvalue weighted by Crippen LogP contribution is -2.21. The molecule has 1 amide bonds. The SMILES string of the molecule is O=C(NN=Cc1c(-c2ccccc2)n(-c2ccccc2)c2ccccc12)c1ccccc1NS(=O)(=O)c1cccs1. The number of hydrogen-bond acceptors (Lipinski definition) is 5. The zero-order valence-electron chi connectivity index (χ0n) is 21.6. The summed E-state index contributed by atoms with van der Waals surface area (Å²) in [7, 11) is -3.83. The molecule has 0 aliphatic carbocycles. The normalized spacial score (nSPS) is 11.6. The Morgan fingerprint density at radius 2 is 1.46 bits per heavy atom. The number of nitrogens with one attached hydrogen (secondary N) is 2. The summed E-state index contributed by atoms with van der Waals surface area (Å²) in [6, 6.07) is 37.7. The first-order chi connectivity index (χ1) is 20.0. The largest absolute Gasteiger partial charge is 0.309 e. The highest BCUT2D eigenvalue weighted by molar-refractivity contribution is 7.94. The molecule has 2 N–H and O–H groups in total. The van der Waals surface area contributed by atoms with Gasteiger partial charge in [0, 0.05) is 16.6 Å². The zero-order valence-corrected chi connectivity index (χ0v) is 23.3. The first-order valence-corrected chi connectivity index (χ1v) is 15.1. The van der Waals surface area contributed by atoms with Crippen molar-refractivity contribution in [2.24, 2.45) is 5.10 Å². The number of anilines is 1. The van der Waals surface area contributed by atoms with Gasteiger partial charge in [-0.05, 0) is 47.3 Å². The molecule has 0 radical (unpaired) electrons. The highest BCUT2D eigenvalue weighted by Gasteiger charge is 2.21. The molecule has 41 heavy (non-hydrogen) atoms. The van der Waals surface area contributed by atoms with Crippen LogP contribution in [0.5, 0.6) is 0 Å². The fourth-order valence-corrected chi connectivity index (χ4v) is 6.79. The maximum absolute atomic E-state index is 13.2. The van der Waals surface area contributed by atoms with Gasteiger partial charge < -0.3 is 4.57 Å². The van der Waals surface area contributed by atoms with Crippen molar-refractivity contribution < 1.29 is 13.2 Å². The molecule has 6 aromatic rings. The molecule has 0 aliphatic rings. The molecule has 0 saturated heterocycles. The molecule has 0 aliphatic heterocycles. The van der Waals surface area contributed by atoms with E-state index in [4.69, 9.17) is 0 Å². The minimum Gasteiger partial charge on any atom is -0.309 e. The second-order valence-electron chi connectivity index (χ2n) is 9.10. The summed E-state index contributed by atoms with van der Waals surface area (Å²) in [5.74, 6) is -0.543. The molecule has 0 saturated carbocycles. The Morgan fingerprint density at radius 1 is 0.780 bits per heavy atom. The third-order valence-electron chi connectivity index (χ3n) is 6.51. The topological polar surface area (TPSA) is 92.6 Å². The monoisotopic (exact) mass is 576 g/mol.